The number of rotatable bonds is 6. The van der Waals surface area contributed by atoms with E-state index in [2.05, 4.69) is 6.92 Å². The Morgan fingerprint density at radius 2 is 2.10 bits per heavy atom. The van der Waals surface area contributed by atoms with E-state index in [1.54, 1.807) is 18.2 Å². The molecule has 0 bridgehead atoms. The summed E-state index contributed by atoms with van der Waals surface area (Å²) in [7, 11) is 0. The van der Waals surface area contributed by atoms with Gasteiger partial charge in [-0.15, -0.1) is 0 Å². The Labute approximate surface area is 116 Å². The summed E-state index contributed by atoms with van der Waals surface area (Å²) in [5, 5.41) is 11.2. The second-order valence-corrected chi connectivity index (χ2v) is 4.53. The maximum absolute atomic E-state index is 11.2. The maximum atomic E-state index is 11.2. The second-order valence-electron chi connectivity index (χ2n) is 4.53. The highest BCUT2D eigenvalue weighted by atomic mass is 16.6. The highest BCUT2D eigenvalue weighted by Gasteiger charge is 2.18. The zero-order valence-corrected chi connectivity index (χ0v) is 11.2. The van der Waals surface area contributed by atoms with Crippen molar-refractivity contribution in [2.75, 3.05) is 0 Å². The van der Waals surface area contributed by atoms with E-state index in [-0.39, 0.29) is 11.4 Å². The first kappa shape index (κ1) is 14.0. The smallest absolute Gasteiger partial charge is 0.280 e. The van der Waals surface area contributed by atoms with Crippen molar-refractivity contribution in [3.8, 4) is 11.3 Å². The fourth-order valence-electron chi connectivity index (χ4n) is 2.03. The van der Waals surface area contributed by atoms with Crippen LogP contribution in [0.15, 0.2) is 34.7 Å². The number of aryl methyl sites for hydroxylation is 1. The SMILES string of the molecule is CCCCc1ccc(-c2ccc(C=O)o2)c([N+](=O)[O-])c1. The van der Waals surface area contributed by atoms with Gasteiger partial charge in [0.2, 0.25) is 0 Å². The van der Waals surface area contributed by atoms with Crippen LogP contribution in [0.3, 0.4) is 0 Å². The lowest BCUT2D eigenvalue weighted by Crippen LogP contribution is -1.94. The number of hydrogen-bond donors (Lipinski definition) is 0. The lowest BCUT2D eigenvalue weighted by Gasteiger charge is -2.04. The van der Waals surface area contributed by atoms with Crippen LogP contribution in [0, 0.1) is 10.1 Å². The molecule has 0 aliphatic rings. The first-order chi connectivity index (χ1) is 9.65. The lowest BCUT2D eigenvalue weighted by molar-refractivity contribution is -0.384. The van der Waals surface area contributed by atoms with Crippen LogP contribution in [-0.2, 0) is 6.42 Å². The summed E-state index contributed by atoms with van der Waals surface area (Å²) in [5.74, 6) is 0.491. The highest BCUT2D eigenvalue weighted by Crippen LogP contribution is 2.32. The quantitative estimate of drug-likeness (QED) is 0.453. The largest absolute Gasteiger partial charge is 0.453 e. The van der Waals surface area contributed by atoms with Gasteiger partial charge in [0.1, 0.15) is 5.76 Å². The van der Waals surface area contributed by atoms with Crippen LogP contribution in [0.5, 0.6) is 0 Å². The molecule has 0 spiro atoms. The molecule has 20 heavy (non-hydrogen) atoms. The molecule has 0 fully saturated rings. The van der Waals surface area contributed by atoms with E-state index in [1.165, 1.54) is 6.07 Å². The van der Waals surface area contributed by atoms with Gasteiger partial charge < -0.3 is 4.42 Å². The van der Waals surface area contributed by atoms with Crippen molar-refractivity contribution in [3.63, 3.8) is 0 Å². The Bertz CT molecular complexity index is 631. The minimum Gasteiger partial charge on any atom is -0.453 e. The summed E-state index contributed by atoms with van der Waals surface area (Å²) in [4.78, 5) is 21.4. The highest BCUT2D eigenvalue weighted by molar-refractivity contribution is 5.75. The number of furan rings is 1. The van der Waals surface area contributed by atoms with Gasteiger partial charge in [0.05, 0.1) is 10.5 Å². The van der Waals surface area contributed by atoms with Crippen LogP contribution >= 0.6 is 0 Å². The molecule has 1 heterocycles. The van der Waals surface area contributed by atoms with Gasteiger partial charge in [0.15, 0.2) is 12.0 Å². The minimum atomic E-state index is -0.423. The number of nitro groups is 1. The molecule has 2 aromatic rings. The van der Waals surface area contributed by atoms with Crippen LogP contribution in [0.1, 0.15) is 35.9 Å². The molecule has 2 rings (SSSR count). The molecule has 0 amide bonds. The van der Waals surface area contributed by atoms with Gasteiger partial charge in [-0.1, -0.05) is 19.4 Å². The predicted octanol–water partition coefficient (Wildman–Crippen LogP) is 4.01. The van der Waals surface area contributed by atoms with Crippen molar-refractivity contribution in [2.45, 2.75) is 26.2 Å². The molecule has 0 saturated heterocycles. The number of carbonyl (C=O) groups excluding carboxylic acids is 1. The molecule has 0 aliphatic carbocycles. The topological polar surface area (TPSA) is 73.3 Å². The third-order valence-electron chi connectivity index (χ3n) is 3.09. The van der Waals surface area contributed by atoms with Gasteiger partial charge in [-0.3, -0.25) is 14.9 Å². The minimum absolute atomic E-state index is 0.00500. The predicted molar refractivity (Wildman–Crippen MR) is 74.8 cm³/mol. The van der Waals surface area contributed by atoms with Gasteiger partial charge in [-0.25, -0.2) is 0 Å². The molecular weight excluding hydrogens is 258 g/mol. The average molecular weight is 273 g/mol. The number of aldehydes is 1. The van der Waals surface area contributed by atoms with E-state index in [4.69, 9.17) is 4.42 Å². The zero-order valence-electron chi connectivity index (χ0n) is 11.2. The molecular formula is C15H15NO4. The zero-order chi connectivity index (χ0) is 14.5. The molecule has 104 valence electrons. The third-order valence-corrected chi connectivity index (χ3v) is 3.09. The van der Waals surface area contributed by atoms with Crippen molar-refractivity contribution >= 4 is 12.0 Å². The standard InChI is InChI=1S/C15H15NO4/c1-2-3-4-11-5-7-13(14(9-11)16(18)19)15-8-6-12(10-17)20-15/h5-10H,2-4H2,1H3. The Hall–Kier alpha value is -2.43. The van der Waals surface area contributed by atoms with Crippen LogP contribution in [0.25, 0.3) is 11.3 Å². The van der Waals surface area contributed by atoms with Crippen molar-refractivity contribution in [1.82, 2.24) is 0 Å². The van der Waals surface area contributed by atoms with E-state index in [0.29, 0.717) is 17.6 Å². The normalized spacial score (nSPS) is 10.4. The molecule has 1 aromatic heterocycles. The van der Waals surface area contributed by atoms with Crippen LogP contribution in [-0.4, -0.2) is 11.2 Å². The first-order valence-corrected chi connectivity index (χ1v) is 6.48. The van der Waals surface area contributed by atoms with Crippen molar-refractivity contribution in [2.24, 2.45) is 0 Å². The third kappa shape index (κ3) is 2.93. The summed E-state index contributed by atoms with van der Waals surface area (Å²) in [5.41, 5.74) is 1.33. The Morgan fingerprint density at radius 3 is 2.70 bits per heavy atom. The Morgan fingerprint density at radius 1 is 1.30 bits per heavy atom. The van der Waals surface area contributed by atoms with Crippen molar-refractivity contribution < 1.29 is 14.1 Å². The van der Waals surface area contributed by atoms with Gasteiger partial charge in [-0.05, 0) is 36.6 Å². The van der Waals surface area contributed by atoms with E-state index in [1.807, 2.05) is 6.07 Å². The van der Waals surface area contributed by atoms with Gasteiger partial charge in [-0.2, -0.15) is 0 Å². The van der Waals surface area contributed by atoms with Crippen molar-refractivity contribution in [3.05, 3.63) is 51.8 Å². The molecule has 1 aromatic carbocycles. The Balaban J connectivity index is 2.41. The number of hydrogen-bond acceptors (Lipinski definition) is 4. The number of nitro benzene ring substituents is 1. The number of benzene rings is 1. The Kier molecular flexibility index (Phi) is 4.30. The molecule has 0 radical (unpaired) electrons. The van der Waals surface area contributed by atoms with Crippen molar-refractivity contribution in [1.29, 1.82) is 0 Å². The molecule has 5 nitrogen and oxygen atoms in total. The summed E-state index contributed by atoms with van der Waals surface area (Å²) >= 11 is 0. The fraction of sp³-hybridized carbons (Fsp3) is 0.267. The molecule has 0 aliphatic heterocycles. The van der Waals surface area contributed by atoms with Crippen LogP contribution in [0.2, 0.25) is 0 Å². The van der Waals surface area contributed by atoms with E-state index in [0.717, 1.165) is 24.8 Å². The monoisotopic (exact) mass is 273 g/mol. The van der Waals surface area contributed by atoms with E-state index < -0.39 is 4.92 Å². The maximum Gasteiger partial charge on any atom is 0.280 e. The average Bonchev–Trinajstić information content (AvgIpc) is 2.93. The van der Waals surface area contributed by atoms with E-state index in [9.17, 15) is 14.9 Å². The van der Waals surface area contributed by atoms with Crippen LogP contribution in [0.4, 0.5) is 5.69 Å². The fourth-order valence-corrected chi connectivity index (χ4v) is 2.03. The number of unbranched alkanes of at least 4 members (excludes halogenated alkanes) is 1. The van der Waals surface area contributed by atoms with Gasteiger partial charge in [0.25, 0.3) is 5.69 Å². The van der Waals surface area contributed by atoms with E-state index >= 15 is 0 Å². The number of carbonyl (C=O) groups is 1. The summed E-state index contributed by atoms with van der Waals surface area (Å²) in [6.45, 7) is 2.08. The first-order valence-electron chi connectivity index (χ1n) is 6.48. The molecule has 0 unspecified atom stereocenters. The number of nitrogens with zero attached hydrogens (tertiary/aromatic N) is 1. The molecule has 0 saturated carbocycles. The molecule has 0 atom stereocenters. The van der Waals surface area contributed by atoms with Gasteiger partial charge >= 0.3 is 0 Å². The lowest BCUT2D eigenvalue weighted by atomic mass is 10.0. The summed E-state index contributed by atoms with van der Waals surface area (Å²) in [6.07, 6.45) is 3.42. The van der Waals surface area contributed by atoms with Gasteiger partial charge in [0, 0.05) is 6.07 Å². The molecule has 0 N–H and O–H groups in total. The second kappa shape index (κ2) is 6.14. The summed E-state index contributed by atoms with van der Waals surface area (Å²) < 4.78 is 5.26. The summed E-state index contributed by atoms with van der Waals surface area (Å²) in [6, 6.07) is 8.18. The molecule has 5 heteroatoms. The van der Waals surface area contributed by atoms with Crippen LogP contribution < -0.4 is 0 Å².